The third-order valence-electron chi connectivity index (χ3n) is 2.01. The van der Waals surface area contributed by atoms with Gasteiger partial charge in [-0.15, -0.1) is 11.3 Å². The van der Waals surface area contributed by atoms with Crippen LogP contribution in [0.2, 0.25) is 0 Å². The van der Waals surface area contributed by atoms with Crippen LogP contribution in [-0.2, 0) is 11.2 Å². The number of thiazole rings is 1. The van der Waals surface area contributed by atoms with Crippen LogP contribution in [0.1, 0.15) is 30.6 Å². The molecule has 1 rings (SSSR count). The second-order valence-corrected chi connectivity index (χ2v) is 4.25. The van der Waals surface area contributed by atoms with Crippen LogP contribution in [0.25, 0.3) is 0 Å². The zero-order valence-corrected chi connectivity index (χ0v) is 9.05. The van der Waals surface area contributed by atoms with Crippen molar-refractivity contribution >= 4 is 17.1 Å². The molecule has 1 aromatic rings. The van der Waals surface area contributed by atoms with Gasteiger partial charge >= 0.3 is 0 Å². The number of carbonyl (C=O) groups is 1. The minimum atomic E-state index is 0.311. The molecular formula is C10H16N2OS. The van der Waals surface area contributed by atoms with Crippen molar-refractivity contribution in [3.05, 3.63) is 16.6 Å². The van der Waals surface area contributed by atoms with Gasteiger partial charge in [0.2, 0.25) is 0 Å². The topological polar surface area (TPSA) is 56.0 Å². The van der Waals surface area contributed by atoms with Gasteiger partial charge < -0.3 is 5.73 Å². The largest absolute Gasteiger partial charge is 0.330 e. The van der Waals surface area contributed by atoms with Gasteiger partial charge in [0.05, 0.1) is 5.51 Å². The number of unbranched alkanes of at least 4 members (excludes halogenated alkanes) is 2. The van der Waals surface area contributed by atoms with E-state index in [0.29, 0.717) is 18.6 Å². The molecule has 1 aromatic heterocycles. The van der Waals surface area contributed by atoms with Gasteiger partial charge in [0.25, 0.3) is 0 Å². The first-order chi connectivity index (χ1) is 6.83. The normalized spacial score (nSPS) is 10.4. The number of aromatic nitrogens is 1. The van der Waals surface area contributed by atoms with E-state index in [9.17, 15) is 4.79 Å². The SMILES string of the molecule is NCCCCCC(=O)Cc1cncs1. The summed E-state index contributed by atoms with van der Waals surface area (Å²) in [5, 5.41) is 0. The molecule has 0 saturated carbocycles. The Morgan fingerprint density at radius 3 is 2.93 bits per heavy atom. The maximum atomic E-state index is 11.4. The molecule has 0 saturated heterocycles. The standard InChI is InChI=1S/C10H16N2OS/c11-5-3-1-2-4-9(13)6-10-7-12-8-14-10/h7-8H,1-6,11H2. The van der Waals surface area contributed by atoms with Crippen molar-refractivity contribution in [2.45, 2.75) is 32.1 Å². The highest BCUT2D eigenvalue weighted by atomic mass is 32.1. The van der Waals surface area contributed by atoms with Crippen LogP contribution in [0.3, 0.4) is 0 Å². The van der Waals surface area contributed by atoms with Gasteiger partial charge in [-0.3, -0.25) is 9.78 Å². The lowest BCUT2D eigenvalue weighted by atomic mass is 10.1. The van der Waals surface area contributed by atoms with Crippen LogP contribution >= 0.6 is 11.3 Å². The highest BCUT2D eigenvalue weighted by Gasteiger charge is 2.04. The van der Waals surface area contributed by atoms with E-state index in [0.717, 1.165) is 30.7 Å². The number of Topliss-reactive ketones (excluding diaryl/α,β-unsaturated/α-hetero) is 1. The lowest BCUT2D eigenvalue weighted by molar-refractivity contribution is -0.118. The van der Waals surface area contributed by atoms with Crippen LogP contribution in [0, 0.1) is 0 Å². The fourth-order valence-electron chi connectivity index (χ4n) is 1.26. The second-order valence-electron chi connectivity index (χ2n) is 3.28. The molecule has 1 heterocycles. The number of hydrogen-bond donors (Lipinski definition) is 1. The van der Waals surface area contributed by atoms with Crippen LogP contribution < -0.4 is 5.73 Å². The van der Waals surface area contributed by atoms with Gasteiger partial charge in [0.15, 0.2) is 0 Å². The molecule has 0 aliphatic carbocycles. The predicted octanol–water partition coefficient (Wildman–Crippen LogP) is 1.77. The molecule has 0 unspecified atom stereocenters. The number of ketones is 1. The number of carbonyl (C=O) groups excluding carboxylic acids is 1. The molecule has 0 fully saturated rings. The molecule has 0 bridgehead atoms. The van der Waals surface area contributed by atoms with Gasteiger partial charge in [-0.05, 0) is 19.4 Å². The lowest BCUT2D eigenvalue weighted by Gasteiger charge is -1.98. The number of nitrogens with zero attached hydrogens (tertiary/aromatic N) is 1. The molecule has 0 aliphatic heterocycles. The van der Waals surface area contributed by atoms with Crippen molar-refractivity contribution in [1.29, 1.82) is 0 Å². The monoisotopic (exact) mass is 212 g/mol. The van der Waals surface area contributed by atoms with E-state index in [2.05, 4.69) is 4.98 Å². The smallest absolute Gasteiger partial charge is 0.138 e. The highest BCUT2D eigenvalue weighted by molar-refractivity contribution is 7.09. The summed E-state index contributed by atoms with van der Waals surface area (Å²) in [6.45, 7) is 0.725. The van der Waals surface area contributed by atoms with Crippen LogP contribution in [0.4, 0.5) is 0 Å². The van der Waals surface area contributed by atoms with Gasteiger partial charge in [-0.1, -0.05) is 6.42 Å². The fraction of sp³-hybridized carbons (Fsp3) is 0.600. The zero-order valence-electron chi connectivity index (χ0n) is 8.24. The molecule has 78 valence electrons. The fourth-order valence-corrected chi connectivity index (χ4v) is 1.88. The summed E-state index contributed by atoms with van der Waals surface area (Å²) < 4.78 is 0. The van der Waals surface area contributed by atoms with Crippen molar-refractivity contribution in [2.75, 3.05) is 6.54 Å². The number of nitrogens with two attached hydrogens (primary N) is 1. The lowest BCUT2D eigenvalue weighted by Crippen LogP contribution is -2.02. The molecule has 0 aliphatic rings. The Kier molecular flexibility index (Phi) is 5.40. The Labute approximate surface area is 88.3 Å². The Morgan fingerprint density at radius 2 is 2.29 bits per heavy atom. The van der Waals surface area contributed by atoms with Crippen molar-refractivity contribution in [3.8, 4) is 0 Å². The summed E-state index contributed by atoms with van der Waals surface area (Å²) in [4.78, 5) is 16.4. The minimum Gasteiger partial charge on any atom is -0.330 e. The molecular weight excluding hydrogens is 196 g/mol. The van der Waals surface area contributed by atoms with Crippen LogP contribution in [-0.4, -0.2) is 17.3 Å². The van der Waals surface area contributed by atoms with Crippen LogP contribution in [0.15, 0.2) is 11.7 Å². The van der Waals surface area contributed by atoms with Crippen molar-refractivity contribution in [3.63, 3.8) is 0 Å². The van der Waals surface area contributed by atoms with Crippen LogP contribution in [0.5, 0.6) is 0 Å². The first-order valence-electron chi connectivity index (χ1n) is 4.92. The zero-order chi connectivity index (χ0) is 10.2. The summed E-state index contributed by atoms with van der Waals surface area (Å²) in [5.41, 5.74) is 7.12. The first-order valence-corrected chi connectivity index (χ1v) is 5.80. The predicted molar refractivity (Wildman–Crippen MR) is 58.3 cm³/mol. The Balaban J connectivity index is 2.11. The number of rotatable bonds is 7. The Hall–Kier alpha value is -0.740. The molecule has 4 heteroatoms. The third-order valence-corrected chi connectivity index (χ3v) is 2.79. The average molecular weight is 212 g/mol. The van der Waals surface area contributed by atoms with E-state index >= 15 is 0 Å². The van der Waals surface area contributed by atoms with E-state index < -0.39 is 0 Å². The van der Waals surface area contributed by atoms with Gasteiger partial charge in [0.1, 0.15) is 5.78 Å². The molecule has 14 heavy (non-hydrogen) atoms. The summed E-state index contributed by atoms with van der Waals surface area (Å²) in [6.07, 6.45) is 6.04. The van der Waals surface area contributed by atoms with E-state index in [-0.39, 0.29) is 0 Å². The van der Waals surface area contributed by atoms with Gasteiger partial charge in [-0.2, -0.15) is 0 Å². The van der Waals surface area contributed by atoms with E-state index in [1.54, 1.807) is 23.0 Å². The van der Waals surface area contributed by atoms with Crippen molar-refractivity contribution in [1.82, 2.24) is 4.98 Å². The molecule has 2 N–H and O–H groups in total. The van der Waals surface area contributed by atoms with Gasteiger partial charge in [0, 0.05) is 23.9 Å². The maximum absolute atomic E-state index is 11.4. The Bertz CT molecular complexity index is 259. The molecule has 0 spiro atoms. The molecule has 0 atom stereocenters. The van der Waals surface area contributed by atoms with Crippen molar-refractivity contribution < 1.29 is 4.79 Å². The summed E-state index contributed by atoms with van der Waals surface area (Å²) in [7, 11) is 0. The van der Waals surface area contributed by atoms with E-state index in [1.807, 2.05) is 0 Å². The van der Waals surface area contributed by atoms with Crippen molar-refractivity contribution in [2.24, 2.45) is 5.73 Å². The average Bonchev–Trinajstić information content (AvgIpc) is 2.65. The maximum Gasteiger partial charge on any atom is 0.138 e. The second kappa shape index (κ2) is 6.68. The molecule has 0 aromatic carbocycles. The summed E-state index contributed by atoms with van der Waals surface area (Å²) >= 11 is 1.54. The number of hydrogen-bond acceptors (Lipinski definition) is 4. The molecule has 3 nitrogen and oxygen atoms in total. The Morgan fingerprint density at radius 1 is 1.43 bits per heavy atom. The summed E-state index contributed by atoms with van der Waals surface area (Å²) in [5.74, 6) is 0.311. The first kappa shape index (κ1) is 11.3. The van der Waals surface area contributed by atoms with E-state index in [1.165, 1.54) is 0 Å². The summed E-state index contributed by atoms with van der Waals surface area (Å²) in [6, 6.07) is 0. The quantitative estimate of drug-likeness (QED) is 0.701. The molecule has 0 radical (unpaired) electrons. The minimum absolute atomic E-state index is 0.311. The molecule has 0 amide bonds. The highest BCUT2D eigenvalue weighted by Crippen LogP contribution is 2.09. The van der Waals surface area contributed by atoms with E-state index in [4.69, 9.17) is 5.73 Å². The third kappa shape index (κ3) is 4.48. The van der Waals surface area contributed by atoms with Gasteiger partial charge in [-0.25, -0.2) is 0 Å².